The van der Waals surface area contributed by atoms with Crippen molar-refractivity contribution in [2.45, 2.75) is 19.4 Å². The van der Waals surface area contributed by atoms with Crippen LogP contribution in [0.15, 0.2) is 60.9 Å². The molecule has 0 spiro atoms. The summed E-state index contributed by atoms with van der Waals surface area (Å²) in [4.78, 5) is 22.0. The van der Waals surface area contributed by atoms with Crippen LogP contribution in [0.25, 0.3) is 22.0 Å². The van der Waals surface area contributed by atoms with Crippen LogP contribution in [0.4, 0.5) is 11.4 Å². The molecule has 1 fully saturated rings. The van der Waals surface area contributed by atoms with Gasteiger partial charge in [0.25, 0.3) is 5.91 Å². The van der Waals surface area contributed by atoms with Crippen LogP contribution in [0, 0.1) is 0 Å². The summed E-state index contributed by atoms with van der Waals surface area (Å²) in [7, 11) is 4.05. The minimum absolute atomic E-state index is 0.232. The molecule has 0 radical (unpaired) electrons. The molecule has 4 aromatic rings. The molecule has 0 atom stereocenters. The molecule has 2 aromatic heterocycles. The van der Waals surface area contributed by atoms with Crippen LogP contribution in [-0.4, -0.2) is 53.2 Å². The Hall–Kier alpha value is -3.71. The first-order valence-corrected chi connectivity index (χ1v) is 11.3. The molecule has 0 saturated carbocycles. The van der Waals surface area contributed by atoms with Gasteiger partial charge in [0.05, 0.1) is 17.4 Å². The van der Waals surface area contributed by atoms with Crippen molar-refractivity contribution < 1.29 is 4.79 Å². The summed E-state index contributed by atoms with van der Waals surface area (Å²) >= 11 is 0. The second-order valence-corrected chi connectivity index (χ2v) is 8.85. The lowest BCUT2D eigenvalue weighted by atomic mass is 10.0. The third-order valence-corrected chi connectivity index (χ3v) is 5.99. The normalized spacial score (nSPS) is 13.7. The number of hydrogen-bond acceptors (Lipinski definition) is 5. The smallest absolute Gasteiger partial charge is 0.276 e. The molecule has 0 unspecified atom stereocenters. The molecule has 5 rings (SSSR count). The highest BCUT2D eigenvalue weighted by Crippen LogP contribution is 2.29. The summed E-state index contributed by atoms with van der Waals surface area (Å²) in [5.41, 5.74) is 6.30. The molecule has 0 aliphatic carbocycles. The van der Waals surface area contributed by atoms with Crippen molar-refractivity contribution in [3.05, 3.63) is 72.2 Å². The van der Waals surface area contributed by atoms with E-state index in [4.69, 9.17) is 0 Å². The summed E-state index contributed by atoms with van der Waals surface area (Å²) in [6, 6.07) is 16.1. The fourth-order valence-electron chi connectivity index (χ4n) is 4.40. The number of hydrogen-bond donors (Lipinski definition) is 2. The highest BCUT2D eigenvalue weighted by Gasteiger charge is 2.17. The molecule has 1 saturated heterocycles. The van der Waals surface area contributed by atoms with E-state index >= 15 is 0 Å². The van der Waals surface area contributed by atoms with Crippen LogP contribution in [-0.2, 0) is 6.54 Å². The van der Waals surface area contributed by atoms with Gasteiger partial charge in [-0.25, -0.2) is 0 Å². The Morgan fingerprint density at radius 1 is 1.06 bits per heavy atom. The standard InChI is InChI=1S/C26H28N6O/c1-31(2)17-18-6-5-7-21(12-18)28-26(33)25-23-14-19(8-9-24(23)29-30-25)20-13-22(16-27-15-20)32-10-3-4-11-32/h5-9,12-16H,3-4,10-11,17H2,1-2H3,(H,28,33)(H,29,30). The summed E-state index contributed by atoms with van der Waals surface area (Å²) in [6.45, 7) is 2.96. The monoisotopic (exact) mass is 440 g/mol. The fraction of sp³-hybridized carbons (Fsp3) is 0.269. The zero-order valence-electron chi connectivity index (χ0n) is 19.0. The Bertz CT molecular complexity index is 1290. The van der Waals surface area contributed by atoms with Crippen LogP contribution >= 0.6 is 0 Å². The number of pyridine rings is 1. The number of benzene rings is 2. The van der Waals surface area contributed by atoms with E-state index in [0.717, 1.165) is 58.6 Å². The van der Waals surface area contributed by atoms with E-state index in [1.54, 1.807) is 0 Å². The van der Waals surface area contributed by atoms with E-state index in [1.165, 1.54) is 12.8 Å². The largest absolute Gasteiger partial charge is 0.370 e. The lowest BCUT2D eigenvalue weighted by molar-refractivity contribution is 0.102. The van der Waals surface area contributed by atoms with Crippen molar-refractivity contribution in [3.8, 4) is 11.1 Å². The van der Waals surface area contributed by atoms with Gasteiger partial charge in [0.15, 0.2) is 5.69 Å². The zero-order chi connectivity index (χ0) is 22.8. The van der Waals surface area contributed by atoms with Crippen molar-refractivity contribution in [1.82, 2.24) is 20.1 Å². The first-order valence-electron chi connectivity index (χ1n) is 11.3. The molecule has 2 N–H and O–H groups in total. The second kappa shape index (κ2) is 9.03. The highest BCUT2D eigenvalue weighted by atomic mass is 16.1. The van der Waals surface area contributed by atoms with Crippen molar-refractivity contribution in [3.63, 3.8) is 0 Å². The fourth-order valence-corrected chi connectivity index (χ4v) is 4.40. The Labute approximate surface area is 193 Å². The summed E-state index contributed by atoms with van der Waals surface area (Å²) < 4.78 is 0. The second-order valence-electron chi connectivity index (χ2n) is 8.85. The van der Waals surface area contributed by atoms with E-state index in [1.807, 2.05) is 62.9 Å². The summed E-state index contributed by atoms with van der Waals surface area (Å²) in [5.74, 6) is -0.232. The number of carbonyl (C=O) groups is 1. The average molecular weight is 441 g/mol. The lowest BCUT2D eigenvalue weighted by Crippen LogP contribution is -2.17. The third kappa shape index (κ3) is 4.59. The first-order chi connectivity index (χ1) is 16.1. The Morgan fingerprint density at radius 3 is 2.73 bits per heavy atom. The number of amides is 1. The maximum Gasteiger partial charge on any atom is 0.276 e. The van der Waals surface area contributed by atoms with Crippen molar-refractivity contribution >= 4 is 28.2 Å². The van der Waals surface area contributed by atoms with E-state index in [-0.39, 0.29) is 5.91 Å². The molecule has 1 aliphatic heterocycles. The number of H-pyrrole nitrogens is 1. The van der Waals surface area contributed by atoms with E-state index in [2.05, 4.69) is 42.4 Å². The van der Waals surface area contributed by atoms with Gasteiger partial charge in [-0.3, -0.25) is 14.9 Å². The number of rotatable bonds is 6. The molecule has 1 amide bonds. The number of aromatic nitrogens is 3. The molecular formula is C26H28N6O. The molecular weight excluding hydrogens is 412 g/mol. The van der Waals surface area contributed by atoms with Crippen molar-refractivity contribution in [1.29, 1.82) is 0 Å². The quantitative estimate of drug-likeness (QED) is 0.460. The van der Waals surface area contributed by atoms with Gasteiger partial charge in [0.1, 0.15) is 0 Å². The molecule has 3 heterocycles. The zero-order valence-corrected chi connectivity index (χ0v) is 19.0. The van der Waals surface area contributed by atoms with Gasteiger partial charge in [-0.05, 0) is 68.4 Å². The minimum Gasteiger partial charge on any atom is -0.370 e. The molecule has 0 bridgehead atoms. The van der Waals surface area contributed by atoms with Crippen LogP contribution in [0.1, 0.15) is 28.9 Å². The molecule has 2 aromatic carbocycles. The van der Waals surface area contributed by atoms with Gasteiger partial charge in [-0.1, -0.05) is 18.2 Å². The van der Waals surface area contributed by atoms with E-state index in [9.17, 15) is 4.79 Å². The highest BCUT2D eigenvalue weighted by molar-refractivity contribution is 6.11. The first kappa shape index (κ1) is 21.2. The lowest BCUT2D eigenvalue weighted by Gasteiger charge is -2.17. The van der Waals surface area contributed by atoms with Gasteiger partial charge in [-0.15, -0.1) is 0 Å². The number of nitrogens with zero attached hydrogens (tertiary/aromatic N) is 4. The number of anilines is 2. The molecule has 7 nitrogen and oxygen atoms in total. The Morgan fingerprint density at radius 2 is 1.91 bits per heavy atom. The number of aromatic amines is 1. The third-order valence-electron chi connectivity index (χ3n) is 5.99. The summed E-state index contributed by atoms with van der Waals surface area (Å²) in [5, 5.41) is 11.1. The molecule has 7 heteroatoms. The van der Waals surface area contributed by atoms with Gasteiger partial charge >= 0.3 is 0 Å². The van der Waals surface area contributed by atoms with Gasteiger partial charge < -0.3 is 15.1 Å². The molecule has 168 valence electrons. The molecule has 1 aliphatic rings. The van der Waals surface area contributed by atoms with Gasteiger partial charge in [0.2, 0.25) is 0 Å². The van der Waals surface area contributed by atoms with Crippen molar-refractivity contribution in [2.24, 2.45) is 0 Å². The Kier molecular flexibility index (Phi) is 5.79. The number of fused-ring (bicyclic) bond motifs is 1. The topological polar surface area (TPSA) is 77.1 Å². The predicted octanol–water partition coefficient (Wildman–Crippen LogP) is 4.54. The van der Waals surface area contributed by atoms with Crippen LogP contribution in [0.2, 0.25) is 0 Å². The maximum atomic E-state index is 13.1. The minimum atomic E-state index is -0.232. The van der Waals surface area contributed by atoms with Gasteiger partial charge in [0, 0.05) is 42.5 Å². The maximum absolute atomic E-state index is 13.1. The molecule has 33 heavy (non-hydrogen) atoms. The van der Waals surface area contributed by atoms with Gasteiger partial charge in [-0.2, -0.15) is 5.10 Å². The average Bonchev–Trinajstić information content (AvgIpc) is 3.49. The predicted molar refractivity (Wildman–Crippen MR) is 133 cm³/mol. The van der Waals surface area contributed by atoms with Crippen LogP contribution in [0.5, 0.6) is 0 Å². The summed E-state index contributed by atoms with van der Waals surface area (Å²) in [6.07, 6.45) is 6.24. The number of nitrogens with one attached hydrogen (secondary N) is 2. The SMILES string of the molecule is CN(C)Cc1cccc(NC(=O)c2n[nH]c3ccc(-c4cncc(N5CCCC5)c4)cc23)c1. The van der Waals surface area contributed by atoms with Crippen molar-refractivity contribution in [2.75, 3.05) is 37.4 Å². The van der Waals surface area contributed by atoms with E-state index in [0.29, 0.717) is 5.69 Å². The number of carbonyl (C=O) groups excluding carboxylic acids is 1. The Balaban J connectivity index is 1.42. The van der Waals surface area contributed by atoms with E-state index < -0.39 is 0 Å². The van der Waals surface area contributed by atoms with Crippen LogP contribution in [0.3, 0.4) is 0 Å². The van der Waals surface area contributed by atoms with Crippen LogP contribution < -0.4 is 10.2 Å².